The van der Waals surface area contributed by atoms with E-state index in [1.54, 1.807) is 0 Å². The smallest absolute Gasteiger partial charge is 0.314 e. The first kappa shape index (κ1) is 15.5. The van der Waals surface area contributed by atoms with E-state index in [0.29, 0.717) is 0 Å². The van der Waals surface area contributed by atoms with E-state index >= 15 is 0 Å². The first-order valence-corrected chi connectivity index (χ1v) is 5.55. The molecular weight excluding hydrogens is 276 g/mol. The summed E-state index contributed by atoms with van der Waals surface area (Å²) < 4.78 is 0. The summed E-state index contributed by atoms with van der Waals surface area (Å²) in [7, 11) is 0. The fourth-order valence-electron chi connectivity index (χ4n) is 1.89. The molecule has 1 aromatic rings. The van der Waals surface area contributed by atoms with Gasteiger partial charge in [-0.15, -0.1) is 12.4 Å². The number of nitrogens with two attached hydrogens (primary N) is 1. The van der Waals surface area contributed by atoms with Crippen molar-refractivity contribution in [3.05, 3.63) is 27.8 Å². The Morgan fingerprint density at radius 3 is 2.42 bits per heavy atom. The van der Waals surface area contributed by atoms with Crippen molar-refractivity contribution in [1.29, 1.82) is 0 Å². The van der Waals surface area contributed by atoms with Crippen LogP contribution < -0.4 is 5.73 Å². The lowest BCUT2D eigenvalue weighted by molar-refractivity contribution is -0.386. The van der Waals surface area contributed by atoms with Crippen LogP contribution >= 0.6 is 12.4 Å². The highest BCUT2D eigenvalue weighted by atomic mass is 35.5. The van der Waals surface area contributed by atoms with E-state index in [-0.39, 0.29) is 23.9 Å². The number of rotatable bonds is 4. The third kappa shape index (κ3) is 3.06. The van der Waals surface area contributed by atoms with Crippen molar-refractivity contribution in [3.8, 4) is 11.5 Å². The Bertz CT molecular complexity index is 492. The molecule has 0 radical (unpaired) electrons. The number of halogens is 1. The van der Waals surface area contributed by atoms with Gasteiger partial charge in [0.25, 0.3) is 0 Å². The van der Waals surface area contributed by atoms with E-state index in [2.05, 4.69) is 0 Å². The van der Waals surface area contributed by atoms with E-state index in [4.69, 9.17) is 5.73 Å². The second-order valence-corrected chi connectivity index (χ2v) is 4.52. The molecule has 8 heteroatoms. The van der Waals surface area contributed by atoms with Gasteiger partial charge in [0.05, 0.1) is 17.1 Å². The number of benzene rings is 1. The van der Waals surface area contributed by atoms with Gasteiger partial charge >= 0.3 is 5.69 Å². The molecule has 0 bridgehead atoms. The van der Waals surface area contributed by atoms with Crippen LogP contribution in [0.1, 0.15) is 24.4 Å². The number of aliphatic hydroxyl groups excluding tert-OH is 1. The number of nitrogens with zero attached hydrogens (tertiary/aromatic N) is 1. The molecule has 1 aliphatic carbocycles. The molecule has 1 aliphatic rings. The molecule has 0 spiro atoms. The third-order valence-electron chi connectivity index (χ3n) is 3.15. The normalized spacial score (nSPS) is 17.4. The van der Waals surface area contributed by atoms with Crippen LogP contribution in [0.4, 0.5) is 5.69 Å². The lowest BCUT2D eigenvalue weighted by atomic mass is 9.98. The minimum absolute atomic E-state index is 0. The van der Waals surface area contributed by atoms with E-state index in [1.165, 1.54) is 0 Å². The van der Waals surface area contributed by atoms with Gasteiger partial charge in [0.2, 0.25) is 5.75 Å². The number of phenols is 2. The van der Waals surface area contributed by atoms with Gasteiger partial charge in [0.15, 0.2) is 5.75 Å². The molecule has 1 fully saturated rings. The summed E-state index contributed by atoms with van der Waals surface area (Å²) in [5.41, 5.74) is 5.41. The maximum absolute atomic E-state index is 10.7. The van der Waals surface area contributed by atoms with Gasteiger partial charge in [-0.1, -0.05) is 0 Å². The number of aromatic hydroxyl groups is 2. The van der Waals surface area contributed by atoms with Gasteiger partial charge in [-0.3, -0.25) is 10.1 Å². The Hall–Kier alpha value is -1.57. The van der Waals surface area contributed by atoms with Gasteiger partial charge in [0.1, 0.15) is 0 Å². The highest BCUT2D eigenvalue weighted by Gasteiger charge is 2.35. The highest BCUT2D eigenvalue weighted by Crippen LogP contribution is 2.41. The summed E-state index contributed by atoms with van der Waals surface area (Å²) in [5.74, 6) is -1.30. The van der Waals surface area contributed by atoms with Crippen LogP contribution in [-0.2, 0) is 0 Å². The fourth-order valence-corrected chi connectivity index (χ4v) is 1.89. The summed E-state index contributed by atoms with van der Waals surface area (Å²) in [6, 6.07) is 1.40. The Labute approximate surface area is 115 Å². The summed E-state index contributed by atoms with van der Waals surface area (Å²) in [6.45, 7) is 0. The maximum atomic E-state index is 10.7. The number of nitro benzene ring substituents is 1. The molecule has 19 heavy (non-hydrogen) atoms. The molecular formula is C11H15ClN2O5. The predicted molar refractivity (Wildman–Crippen MR) is 69.3 cm³/mol. The fraction of sp³-hybridized carbons (Fsp3) is 0.455. The molecule has 5 N–H and O–H groups in total. The van der Waals surface area contributed by atoms with E-state index < -0.39 is 34.3 Å². The second kappa shape index (κ2) is 5.60. The molecule has 0 unspecified atom stereocenters. The second-order valence-electron chi connectivity index (χ2n) is 4.52. The average molecular weight is 291 g/mol. The van der Waals surface area contributed by atoms with E-state index in [9.17, 15) is 25.4 Å². The summed E-state index contributed by atoms with van der Waals surface area (Å²) in [6.07, 6.45) is 0.954. The third-order valence-corrected chi connectivity index (χ3v) is 3.15. The quantitative estimate of drug-likeness (QED) is 0.374. The molecule has 0 saturated heterocycles. The van der Waals surface area contributed by atoms with Crippen LogP contribution in [-0.4, -0.2) is 26.3 Å². The van der Waals surface area contributed by atoms with Crippen molar-refractivity contribution in [2.75, 3.05) is 0 Å². The topological polar surface area (TPSA) is 130 Å². The molecule has 106 valence electrons. The van der Waals surface area contributed by atoms with Gasteiger partial charge in [-0.05, 0) is 30.4 Å². The van der Waals surface area contributed by atoms with Crippen molar-refractivity contribution >= 4 is 18.1 Å². The molecule has 7 nitrogen and oxygen atoms in total. The first-order valence-electron chi connectivity index (χ1n) is 5.55. The Kier molecular flexibility index (Phi) is 4.56. The van der Waals surface area contributed by atoms with Crippen molar-refractivity contribution in [3.63, 3.8) is 0 Å². The highest BCUT2D eigenvalue weighted by molar-refractivity contribution is 5.85. The van der Waals surface area contributed by atoms with Crippen LogP contribution in [0.5, 0.6) is 11.5 Å². The monoisotopic (exact) mass is 290 g/mol. The maximum Gasteiger partial charge on any atom is 0.314 e. The standard InChI is InChI=1S/C11H14N2O5.ClH/c12-9(10(15)5-1-2-5)6-3-7(13(17)18)11(16)8(14)4-6;/h3-5,9-10,14-16H,1-2,12H2;1H/t9-,10+;/m1./s1. The molecule has 0 amide bonds. The molecule has 1 saturated carbocycles. The Morgan fingerprint density at radius 2 is 1.95 bits per heavy atom. The number of nitro groups is 1. The lowest BCUT2D eigenvalue weighted by Gasteiger charge is -2.19. The van der Waals surface area contributed by atoms with Gasteiger partial charge in [0, 0.05) is 6.07 Å². The zero-order valence-electron chi connectivity index (χ0n) is 9.89. The minimum Gasteiger partial charge on any atom is -0.504 e. The first-order chi connectivity index (χ1) is 8.41. The van der Waals surface area contributed by atoms with Gasteiger partial charge in [-0.2, -0.15) is 0 Å². The average Bonchev–Trinajstić information content (AvgIpc) is 3.14. The summed E-state index contributed by atoms with van der Waals surface area (Å²) in [4.78, 5) is 9.89. The zero-order chi connectivity index (χ0) is 13.4. The van der Waals surface area contributed by atoms with Crippen molar-refractivity contribution in [1.82, 2.24) is 0 Å². The van der Waals surface area contributed by atoms with Gasteiger partial charge in [-0.25, -0.2) is 0 Å². The van der Waals surface area contributed by atoms with Crippen LogP contribution in [0.25, 0.3) is 0 Å². The van der Waals surface area contributed by atoms with E-state index in [0.717, 1.165) is 25.0 Å². The van der Waals surface area contributed by atoms with Crippen LogP contribution in [0.15, 0.2) is 12.1 Å². The molecule has 2 atom stereocenters. The molecule has 0 aliphatic heterocycles. The van der Waals surface area contributed by atoms with Crippen molar-refractivity contribution in [2.24, 2.45) is 11.7 Å². The number of hydrogen-bond acceptors (Lipinski definition) is 6. The van der Waals surface area contributed by atoms with Crippen LogP contribution in [0.2, 0.25) is 0 Å². The SMILES string of the molecule is Cl.N[C@H](c1cc(O)c(O)c([N+](=O)[O-])c1)[C@@H](O)C1CC1. The minimum atomic E-state index is -0.817. The van der Waals surface area contributed by atoms with Crippen LogP contribution in [0, 0.1) is 16.0 Å². The Morgan fingerprint density at radius 1 is 1.37 bits per heavy atom. The van der Waals surface area contributed by atoms with E-state index in [1.807, 2.05) is 0 Å². The summed E-state index contributed by atoms with van der Waals surface area (Å²) >= 11 is 0. The molecule has 0 heterocycles. The van der Waals surface area contributed by atoms with Crippen molar-refractivity contribution < 1.29 is 20.2 Å². The number of phenolic OH excluding ortho intramolecular Hbond substituents is 2. The Balaban J connectivity index is 0.00000180. The predicted octanol–water partition coefficient (Wildman–Crippen LogP) is 1.20. The largest absolute Gasteiger partial charge is 0.504 e. The molecule has 0 aromatic heterocycles. The number of aliphatic hydroxyl groups is 1. The summed E-state index contributed by atoms with van der Waals surface area (Å²) in [5, 5.41) is 39.3. The van der Waals surface area contributed by atoms with Gasteiger partial charge < -0.3 is 21.1 Å². The zero-order valence-corrected chi connectivity index (χ0v) is 10.7. The lowest BCUT2D eigenvalue weighted by Crippen LogP contribution is -2.27. The number of hydrogen-bond donors (Lipinski definition) is 4. The van der Waals surface area contributed by atoms with Crippen LogP contribution in [0.3, 0.4) is 0 Å². The molecule has 1 aromatic carbocycles. The molecule has 2 rings (SSSR count). The van der Waals surface area contributed by atoms with Crippen molar-refractivity contribution in [2.45, 2.75) is 25.0 Å².